The number of alkyl halides is 3. The molecule has 0 N–H and O–H groups in total. The molecule has 0 saturated carbocycles. The molecule has 0 amide bonds. The smallest absolute Gasteiger partial charge is 0.445 e. The third-order valence-electron chi connectivity index (χ3n) is 2.65. The van der Waals surface area contributed by atoms with Crippen molar-refractivity contribution >= 4 is 22.4 Å². The number of carbonyl (C=O) groups excluding carboxylic acids is 1. The summed E-state index contributed by atoms with van der Waals surface area (Å²) in [5.41, 5.74) is 0. The first kappa shape index (κ1) is 13.1. The molecule has 1 aromatic heterocycles. The Balaban J connectivity index is 2.06. The molecule has 0 bridgehead atoms. The van der Waals surface area contributed by atoms with E-state index in [4.69, 9.17) is 0 Å². The molecule has 0 aromatic carbocycles. The van der Waals surface area contributed by atoms with Gasteiger partial charge in [-0.2, -0.15) is 13.2 Å². The van der Waals surface area contributed by atoms with E-state index in [9.17, 15) is 18.0 Å². The molecule has 18 heavy (non-hydrogen) atoms. The van der Waals surface area contributed by atoms with E-state index in [1.165, 1.54) is 7.11 Å². The molecule has 1 atom stereocenters. The fourth-order valence-corrected chi connectivity index (χ4v) is 2.50. The maximum Gasteiger partial charge on any atom is 0.445 e. The van der Waals surface area contributed by atoms with E-state index in [1.807, 2.05) is 0 Å². The third kappa shape index (κ3) is 2.55. The van der Waals surface area contributed by atoms with Crippen LogP contribution in [0, 0.1) is 5.92 Å². The Kier molecular flexibility index (Phi) is 3.42. The Bertz CT molecular complexity index is 449. The van der Waals surface area contributed by atoms with Gasteiger partial charge in [-0.15, -0.1) is 10.2 Å². The van der Waals surface area contributed by atoms with E-state index < -0.39 is 11.2 Å². The molecule has 0 spiro atoms. The molecule has 1 aromatic rings. The van der Waals surface area contributed by atoms with Crippen LogP contribution in [-0.2, 0) is 15.7 Å². The predicted molar refractivity (Wildman–Crippen MR) is 57.2 cm³/mol. The van der Waals surface area contributed by atoms with Gasteiger partial charge in [0.25, 0.3) is 0 Å². The fraction of sp³-hybridized carbons (Fsp3) is 0.667. The average molecular weight is 281 g/mol. The Morgan fingerprint density at radius 3 is 2.78 bits per heavy atom. The number of esters is 1. The standard InChI is InChI=1S/C9H10F3N3O2S/c1-17-6(16)5-2-3-15(4-5)8-14-13-7(18-8)9(10,11)12/h5H,2-4H2,1H3. The number of methoxy groups -OCH3 is 1. The van der Waals surface area contributed by atoms with Crippen LogP contribution in [0.1, 0.15) is 11.4 Å². The lowest BCUT2D eigenvalue weighted by molar-refractivity contribution is -0.144. The number of carbonyl (C=O) groups is 1. The largest absolute Gasteiger partial charge is 0.469 e. The zero-order valence-electron chi connectivity index (χ0n) is 9.40. The predicted octanol–water partition coefficient (Wildman–Crippen LogP) is 1.56. The van der Waals surface area contributed by atoms with Crippen molar-refractivity contribution in [2.45, 2.75) is 12.6 Å². The molecule has 5 nitrogen and oxygen atoms in total. The Morgan fingerprint density at radius 1 is 1.50 bits per heavy atom. The van der Waals surface area contributed by atoms with Gasteiger partial charge in [-0.3, -0.25) is 4.79 Å². The van der Waals surface area contributed by atoms with Crippen molar-refractivity contribution in [3.63, 3.8) is 0 Å². The molecule has 1 fully saturated rings. The summed E-state index contributed by atoms with van der Waals surface area (Å²) in [6.07, 6.45) is -3.93. The van der Waals surface area contributed by atoms with Crippen molar-refractivity contribution in [2.24, 2.45) is 5.92 Å². The van der Waals surface area contributed by atoms with Gasteiger partial charge in [0.2, 0.25) is 10.1 Å². The summed E-state index contributed by atoms with van der Waals surface area (Å²) in [5, 5.41) is 5.83. The molecule has 2 heterocycles. The highest BCUT2D eigenvalue weighted by molar-refractivity contribution is 7.15. The summed E-state index contributed by atoms with van der Waals surface area (Å²) in [6.45, 7) is 0.797. The lowest BCUT2D eigenvalue weighted by atomic mass is 10.1. The van der Waals surface area contributed by atoms with Gasteiger partial charge in [-0.1, -0.05) is 11.3 Å². The second-order valence-electron chi connectivity index (χ2n) is 3.84. The van der Waals surface area contributed by atoms with E-state index in [1.54, 1.807) is 4.90 Å². The van der Waals surface area contributed by atoms with Crippen molar-refractivity contribution < 1.29 is 22.7 Å². The van der Waals surface area contributed by atoms with E-state index in [2.05, 4.69) is 14.9 Å². The van der Waals surface area contributed by atoms with Gasteiger partial charge in [0.05, 0.1) is 13.0 Å². The van der Waals surface area contributed by atoms with E-state index in [0.29, 0.717) is 30.8 Å². The minimum absolute atomic E-state index is 0.189. The van der Waals surface area contributed by atoms with Gasteiger partial charge in [-0.05, 0) is 6.42 Å². The van der Waals surface area contributed by atoms with Gasteiger partial charge < -0.3 is 9.64 Å². The first-order valence-corrected chi connectivity index (χ1v) is 5.97. The minimum atomic E-state index is -4.47. The van der Waals surface area contributed by atoms with E-state index >= 15 is 0 Å². The molecule has 0 aliphatic carbocycles. The minimum Gasteiger partial charge on any atom is -0.469 e. The fourth-order valence-electron chi connectivity index (χ4n) is 1.75. The number of ether oxygens (including phenoxy) is 1. The highest BCUT2D eigenvalue weighted by Crippen LogP contribution is 2.35. The Hall–Kier alpha value is -1.38. The Morgan fingerprint density at radius 2 is 2.22 bits per heavy atom. The first-order valence-electron chi connectivity index (χ1n) is 5.15. The zero-order valence-corrected chi connectivity index (χ0v) is 10.2. The highest BCUT2D eigenvalue weighted by Gasteiger charge is 2.37. The van der Waals surface area contributed by atoms with Crippen LogP contribution in [-0.4, -0.2) is 36.4 Å². The van der Waals surface area contributed by atoms with Crippen LogP contribution < -0.4 is 4.90 Å². The van der Waals surface area contributed by atoms with Crippen molar-refractivity contribution in [3.05, 3.63) is 5.01 Å². The molecule has 1 aliphatic rings. The molecular weight excluding hydrogens is 271 g/mol. The molecular formula is C9H10F3N3O2S. The normalized spacial score (nSPS) is 20.2. The zero-order chi connectivity index (χ0) is 13.3. The van der Waals surface area contributed by atoms with Crippen LogP contribution in [0.2, 0.25) is 0 Å². The molecule has 100 valence electrons. The van der Waals surface area contributed by atoms with Crippen molar-refractivity contribution in [1.29, 1.82) is 0 Å². The number of hydrogen-bond donors (Lipinski definition) is 0. The number of anilines is 1. The van der Waals surface area contributed by atoms with Gasteiger partial charge in [0.15, 0.2) is 0 Å². The summed E-state index contributed by atoms with van der Waals surface area (Å²) in [6, 6.07) is 0. The first-order chi connectivity index (χ1) is 8.41. The van der Waals surface area contributed by atoms with Crippen LogP contribution in [0.3, 0.4) is 0 Å². The quantitative estimate of drug-likeness (QED) is 0.770. The SMILES string of the molecule is COC(=O)C1CCN(c2nnc(C(F)(F)F)s2)C1. The number of halogens is 3. The molecule has 1 aliphatic heterocycles. The maximum absolute atomic E-state index is 12.4. The number of hydrogen-bond acceptors (Lipinski definition) is 6. The molecule has 1 unspecified atom stereocenters. The van der Waals surface area contributed by atoms with Gasteiger partial charge >= 0.3 is 12.1 Å². The van der Waals surface area contributed by atoms with Crippen LogP contribution in [0.25, 0.3) is 0 Å². The van der Waals surface area contributed by atoms with Gasteiger partial charge in [0, 0.05) is 13.1 Å². The lowest BCUT2D eigenvalue weighted by Gasteiger charge is -2.13. The average Bonchev–Trinajstić information content (AvgIpc) is 2.94. The third-order valence-corrected chi connectivity index (χ3v) is 3.68. The second-order valence-corrected chi connectivity index (χ2v) is 4.80. The highest BCUT2D eigenvalue weighted by atomic mass is 32.1. The van der Waals surface area contributed by atoms with Crippen LogP contribution in [0.4, 0.5) is 18.3 Å². The number of aromatic nitrogens is 2. The number of rotatable bonds is 2. The van der Waals surface area contributed by atoms with Crippen LogP contribution in [0.15, 0.2) is 0 Å². The summed E-state index contributed by atoms with van der Waals surface area (Å²) >= 11 is 0.485. The summed E-state index contributed by atoms with van der Waals surface area (Å²) in [4.78, 5) is 12.9. The molecule has 9 heteroatoms. The molecule has 2 rings (SSSR count). The maximum atomic E-state index is 12.4. The van der Waals surface area contributed by atoms with Gasteiger partial charge in [-0.25, -0.2) is 0 Å². The van der Waals surface area contributed by atoms with Gasteiger partial charge in [0.1, 0.15) is 0 Å². The lowest BCUT2D eigenvalue weighted by Crippen LogP contribution is -2.23. The van der Waals surface area contributed by atoms with Crippen molar-refractivity contribution in [1.82, 2.24) is 10.2 Å². The molecule has 1 saturated heterocycles. The number of nitrogens with zero attached hydrogens (tertiary/aromatic N) is 3. The monoisotopic (exact) mass is 281 g/mol. The van der Waals surface area contributed by atoms with Crippen molar-refractivity contribution in [3.8, 4) is 0 Å². The van der Waals surface area contributed by atoms with Crippen molar-refractivity contribution in [2.75, 3.05) is 25.1 Å². The van der Waals surface area contributed by atoms with E-state index in [0.717, 1.165) is 0 Å². The summed E-state index contributed by atoms with van der Waals surface area (Å²) in [5.74, 6) is -0.661. The summed E-state index contributed by atoms with van der Waals surface area (Å²) in [7, 11) is 1.29. The molecule has 0 radical (unpaired) electrons. The second kappa shape index (κ2) is 4.71. The topological polar surface area (TPSA) is 55.3 Å². The van der Waals surface area contributed by atoms with E-state index in [-0.39, 0.29) is 17.0 Å². The summed E-state index contributed by atoms with van der Waals surface area (Å²) < 4.78 is 41.7. The van der Waals surface area contributed by atoms with Crippen LogP contribution >= 0.6 is 11.3 Å². The Labute approximate surface area is 105 Å². The van der Waals surface area contributed by atoms with Crippen LogP contribution in [0.5, 0.6) is 0 Å².